The third-order valence-electron chi connectivity index (χ3n) is 3.47. The number of ether oxygens (including phenoxy) is 1. The number of aryl methyl sites for hydroxylation is 2. The molecule has 132 valence electrons. The number of thioether (sulfide) groups is 1. The number of carbonyl (C=O) groups excluding carboxylic acids is 2. The second kappa shape index (κ2) is 9.22. The van der Waals surface area contributed by atoms with E-state index in [1.807, 2.05) is 32.0 Å². The van der Waals surface area contributed by atoms with Crippen LogP contribution in [0.25, 0.3) is 0 Å². The predicted molar refractivity (Wildman–Crippen MR) is 95.8 cm³/mol. The van der Waals surface area contributed by atoms with E-state index in [-0.39, 0.29) is 24.7 Å². The fourth-order valence-electron chi connectivity index (χ4n) is 2.17. The summed E-state index contributed by atoms with van der Waals surface area (Å²) in [5.41, 5.74) is 2.64. The van der Waals surface area contributed by atoms with E-state index < -0.39 is 11.9 Å². The van der Waals surface area contributed by atoms with Crippen molar-refractivity contribution in [3.05, 3.63) is 65.0 Å². The number of hydrogen-bond acceptors (Lipinski definition) is 4. The van der Waals surface area contributed by atoms with Gasteiger partial charge in [-0.05, 0) is 31.5 Å². The minimum Gasteiger partial charge on any atom is -0.455 e. The zero-order valence-electron chi connectivity index (χ0n) is 14.2. The first-order valence-electron chi connectivity index (χ1n) is 7.81. The van der Waals surface area contributed by atoms with Crippen LogP contribution in [0, 0.1) is 19.7 Å². The van der Waals surface area contributed by atoms with Crippen molar-refractivity contribution in [2.75, 3.05) is 12.4 Å². The smallest absolute Gasteiger partial charge is 0.316 e. The first kappa shape index (κ1) is 19.0. The minimum atomic E-state index is -0.467. The molecule has 0 aliphatic heterocycles. The molecule has 0 aliphatic rings. The van der Waals surface area contributed by atoms with Gasteiger partial charge in [0.1, 0.15) is 5.82 Å². The fraction of sp³-hybridized carbons (Fsp3) is 0.263. The van der Waals surface area contributed by atoms with Crippen LogP contribution in [-0.4, -0.2) is 24.2 Å². The molecule has 0 aliphatic carbocycles. The summed E-state index contributed by atoms with van der Waals surface area (Å²) in [6.07, 6.45) is 0. The van der Waals surface area contributed by atoms with Crippen LogP contribution in [0.15, 0.2) is 47.4 Å². The Morgan fingerprint density at radius 1 is 1.16 bits per heavy atom. The fourth-order valence-corrected chi connectivity index (χ4v) is 2.98. The van der Waals surface area contributed by atoms with Gasteiger partial charge in [0.15, 0.2) is 6.61 Å². The van der Waals surface area contributed by atoms with Crippen LogP contribution >= 0.6 is 11.8 Å². The Kier molecular flexibility index (Phi) is 7.01. The van der Waals surface area contributed by atoms with Crippen LogP contribution in [0.5, 0.6) is 0 Å². The molecule has 0 heterocycles. The lowest BCUT2D eigenvalue weighted by Crippen LogP contribution is -2.29. The number of halogens is 1. The van der Waals surface area contributed by atoms with Crippen molar-refractivity contribution in [3.63, 3.8) is 0 Å². The maximum absolute atomic E-state index is 13.4. The van der Waals surface area contributed by atoms with Crippen molar-refractivity contribution in [1.82, 2.24) is 5.32 Å². The number of esters is 1. The van der Waals surface area contributed by atoms with Crippen LogP contribution in [0.1, 0.15) is 16.7 Å². The van der Waals surface area contributed by atoms with Crippen molar-refractivity contribution >= 4 is 23.6 Å². The van der Waals surface area contributed by atoms with Gasteiger partial charge in [-0.15, -0.1) is 11.8 Å². The van der Waals surface area contributed by atoms with Gasteiger partial charge in [0.25, 0.3) is 5.91 Å². The molecule has 0 spiro atoms. The lowest BCUT2D eigenvalue weighted by molar-refractivity contribution is -0.145. The molecular weight excluding hydrogens is 341 g/mol. The molecule has 0 fully saturated rings. The summed E-state index contributed by atoms with van der Waals surface area (Å²) in [5, 5.41) is 2.52. The number of amides is 1. The quantitative estimate of drug-likeness (QED) is 0.607. The Morgan fingerprint density at radius 2 is 1.92 bits per heavy atom. The van der Waals surface area contributed by atoms with Crippen LogP contribution in [0.3, 0.4) is 0 Å². The summed E-state index contributed by atoms with van der Waals surface area (Å²) in [6, 6.07) is 12.2. The molecule has 0 saturated heterocycles. The highest BCUT2D eigenvalue weighted by Gasteiger charge is 2.10. The average molecular weight is 361 g/mol. The molecule has 25 heavy (non-hydrogen) atoms. The summed E-state index contributed by atoms with van der Waals surface area (Å²) >= 11 is 1.37. The van der Waals surface area contributed by atoms with Gasteiger partial charge in [-0.25, -0.2) is 4.39 Å². The standard InChI is InChI=1S/C19H20FNO3S/c1-13-7-8-17(14(2)9-13)25-12-19(23)24-11-18(22)21-10-15-5-3-4-6-16(15)20/h3-9H,10-12H2,1-2H3,(H,21,22). The van der Waals surface area contributed by atoms with E-state index >= 15 is 0 Å². The zero-order valence-corrected chi connectivity index (χ0v) is 15.0. The third-order valence-corrected chi connectivity index (χ3v) is 4.62. The number of benzene rings is 2. The van der Waals surface area contributed by atoms with E-state index in [1.54, 1.807) is 18.2 Å². The van der Waals surface area contributed by atoms with Crippen molar-refractivity contribution in [1.29, 1.82) is 0 Å². The molecular formula is C19H20FNO3S. The van der Waals surface area contributed by atoms with Crippen LogP contribution in [0.4, 0.5) is 4.39 Å². The Bertz CT molecular complexity index is 764. The molecule has 1 amide bonds. The van der Waals surface area contributed by atoms with Crippen molar-refractivity contribution in [2.45, 2.75) is 25.3 Å². The minimum absolute atomic E-state index is 0.0559. The topological polar surface area (TPSA) is 55.4 Å². The lowest BCUT2D eigenvalue weighted by Gasteiger charge is -2.08. The van der Waals surface area contributed by atoms with Gasteiger partial charge in [-0.3, -0.25) is 9.59 Å². The molecule has 0 bridgehead atoms. The highest BCUT2D eigenvalue weighted by atomic mass is 32.2. The zero-order chi connectivity index (χ0) is 18.2. The highest BCUT2D eigenvalue weighted by Crippen LogP contribution is 2.23. The molecule has 2 rings (SSSR count). The first-order valence-corrected chi connectivity index (χ1v) is 8.80. The van der Waals surface area contributed by atoms with Crippen molar-refractivity contribution in [2.24, 2.45) is 0 Å². The van der Waals surface area contributed by atoms with Gasteiger partial charge in [0.05, 0.1) is 5.75 Å². The SMILES string of the molecule is Cc1ccc(SCC(=O)OCC(=O)NCc2ccccc2F)c(C)c1. The average Bonchev–Trinajstić information content (AvgIpc) is 2.58. The molecule has 0 unspecified atom stereocenters. The molecule has 2 aromatic rings. The second-order valence-electron chi connectivity index (χ2n) is 5.59. The summed E-state index contributed by atoms with van der Waals surface area (Å²) in [7, 11) is 0. The molecule has 0 saturated carbocycles. The van der Waals surface area contributed by atoms with Crippen molar-refractivity contribution in [3.8, 4) is 0 Å². The lowest BCUT2D eigenvalue weighted by atomic mass is 10.2. The molecule has 1 N–H and O–H groups in total. The second-order valence-corrected chi connectivity index (χ2v) is 6.60. The number of hydrogen-bond donors (Lipinski definition) is 1. The summed E-state index contributed by atoms with van der Waals surface area (Å²) in [4.78, 5) is 24.4. The molecule has 2 aromatic carbocycles. The number of nitrogens with one attached hydrogen (secondary N) is 1. The Hall–Kier alpha value is -2.34. The van der Waals surface area contributed by atoms with Gasteiger partial charge in [0, 0.05) is 17.0 Å². The van der Waals surface area contributed by atoms with Crippen LogP contribution in [0.2, 0.25) is 0 Å². The van der Waals surface area contributed by atoms with E-state index in [4.69, 9.17) is 4.74 Å². The molecule has 6 heteroatoms. The Morgan fingerprint density at radius 3 is 2.64 bits per heavy atom. The normalized spacial score (nSPS) is 10.4. The van der Waals surface area contributed by atoms with E-state index in [1.165, 1.54) is 17.8 Å². The van der Waals surface area contributed by atoms with Gasteiger partial charge < -0.3 is 10.1 Å². The molecule has 0 radical (unpaired) electrons. The van der Waals surface area contributed by atoms with Gasteiger partial charge >= 0.3 is 5.97 Å². The highest BCUT2D eigenvalue weighted by molar-refractivity contribution is 8.00. The van der Waals surface area contributed by atoms with Gasteiger partial charge in [-0.1, -0.05) is 35.9 Å². The Labute approximate surface area is 150 Å². The van der Waals surface area contributed by atoms with Gasteiger partial charge in [-0.2, -0.15) is 0 Å². The monoisotopic (exact) mass is 361 g/mol. The van der Waals surface area contributed by atoms with Crippen molar-refractivity contribution < 1.29 is 18.7 Å². The maximum atomic E-state index is 13.4. The third kappa shape index (κ3) is 6.23. The van der Waals surface area contributed by atoms with Gasteiger partial charge in [0.2, 0.25) is 0 Å². The molecule has 0 aromatic heterocycles. The maximum Gasteiger partial charge on any atom is 0.316 e. The first-order chi connectivity index (χ1) is 12.0. The van der Waals surface area contributed by atoms with Crippen LogP contribution < -0.4 is 5.32 Å². The molecule has 4 nitrogen and oxygen atoms in total. The number of rotatable bonds is 7. The summed E-state index contributed by atoms with van der Waals surface area (Å²) in [5.74, 6) is -1.19. The van der Waals surface area contributed by atoms with E-state index in [9.17, 15) is 14.0 Å². The largest absolute Gasteiger partial charge is 0.455 e. The number of carbonyl (C=O) groups is 2. The molecule has 0 atom stereocenters. The predicted octanol–water partition coefficient (Wildman–Crippen LogP) is 3.39. The van der Waals surface area contributed by atoms with E-state index in [0.717, 1.165) is 16.0 Å². The summed E-state index contributed by atoms with van der Waals surface area (Å²) < 4.78 is 18.4. The van der Waals surface area contributed by atoms with Crippen LogP contribution in [-0.2, 0) is 20.9 Å². The summed E-state index contributed by atoms with van der Waals surface area (Å²) in [6.45, 7) is 3.67. The Balaban J connectivity index is 1.70. The van der Waals surface area contributed by atoms with E-state index in [0.29, 0.717) is 5.56 Å². The van der Waals surface area contributed by atoms with E-state index in [2.05, 4.69) is 5.32 Å².